The van der Waals surface area contributed by atoms with Crippen molar-refractivity contribution in [3.8, 4) is 11.5 Å². The van der Waals surface area contributed by atoms with E-state index in [1.807, 2.05) is 0 Å². The van der Waals surface area contributed by atoms with E-state index >= 15 is 0 Å². The first kappa shape index (κ1) is 16.6. The minimum atomic E-state index is -0.724. The van der Waals surface area contributed by atoms with Gasteiger partial charge in [-0.05, 0) is 43.0 Å². The Hall–Kier alpha value is -2.87. The van der Waals surface area contributed by atoms with Crippen LogP contribution in [0.15, 0.2) is 23.0 Å². The van der Waals surface area contributed by atoms with Gasteiger partial charge in [-0.2, -0.15) is 0 Å². The molecule has 0 atom stereocenters. The smallest absolute Gasteiger partial charge is 0.342 e. The van der Waals surface area contributed by atoms with Gasteiger partial charge in [0.05, 0.1) is 12.5 Å². The number of thiophene rings is 1. The summed E-state index contributed by atoms with van der Waals surface area (Å²) in [6.45, 7) is -0.191. The number of carbonyl (C=O) groups is 1. The standard InChI is InChI=1S/C18H16N2O5S/c1-24-9-5-6-12(21)11(7-9)18(23)25-8-14-19-16(22)15-10-3-2-4-13(10)26-17(15)20-14/h5-7,21H,2-4,8H2,1H3,(H,19,20,22). The number of esters is 1. The number of methoxy groups -OCH3 is 1. The van der Waals surface area contributed by atoms with Gasteiger partial charge in [-0.3, -0.25) is 4.79 Å². The summed E-state index contributed by atoms with van der Waals surface area (Å²) in [4.78, 5) is 33.6. The Morgan fingerprint density at radius 1 is 1.38 bits per heavy atom. The molecule has 2 aromatic heterocycles. The number of carbonyl (C=O) groups excluding carboxylic acids is 1. The molecule has 1 aliphatic rings. The van der Waals surface area contributed by atoms with Crippen LogP contribution in [-0.4, -0.2) is 28.2 Å². The molecule has 2 N–H and O–H groups in total. The summed E-state index contributed by atoms with van der Waals surface area (Å²) < 4.78 is 10.2. The largest absolute Gasteiger partial charge is 0.507 e. The number of aromatic nitrogens is 2. The molecule has 0 saturated heterocycles. The number of phenolic OH excluding ortho intramolecular Hbond substituents is 1. The van der Waals surface area contributed by atoms with E-state index in [4.69, 9.17) is 9.47 Å². The predicted molar refractivity (Wildman–Crippen MR) is 96.0 cm³/mol. The van der Waals surface area contributed by atoms with Crippen molar-refractivity contribution in [1.82, 2.24) is 9.97 Å². The zero-order valence-corrected chi connectivity index (χ0v) is 14.8. The number of hydrogen-bond acceptors (Lipinski definition) is 7. The van der Waals surface area contributed by atoms with E-state index in [0.29, 0.717) is 16.0 Å². The number of rotatable bonds is 4. The van der Waals surface area contributed by atoms with Crippen molar-refractivity contribution in [3.63, 3.8) is 0 Å². The first-order valence-electron chi connectivity index (χ1n) is 8.14. The van der Waals surface area contributed by atoms with Gasteiger partial charge in [0, 0.05) is 4.88 Å². The summed E-state index contributed by atoms with van der Waals surface area (Å²) in [6.07, 6.45) is 2.96. The highest BCUT2D eigenvalue weighted by Crippen LogP contribution is 2.34. The van der Waals surface area contributed by atoms with Crippen LogP contribution in [0.25, 0.3) is 10.2 Å². The lowest BCUT2D eigenvalue weighted by Gasteiger charge is -2.08. The Kier molecular flexibility index (Phi) is 4.12. The number of benzene rings is 1. The fourth-order valence-corrected chi connectivity index (χ4v) is 4.41. The highest BCUT2D eigenvalue weighted by atomic mass is 32.1. The predicted octanol–water partition coefficient (Wildman–Crippen LogP) is 2.54. The molecule has 1 aromatic carbocycles. The number of aromatic amines is 1. The van der Waals surface area contributed by atoms with E-state index in [9.17, 15) is 14.7 Å². The van der Waals surface area contributed by atoms with Gasteiger partial charge < -0.3 is 19.6 Å². The van der Waals surface area contributed by atoms with Crippen LogP contribution in [0, 0.1) is 0 Å². The number of H-pyrrole nitrogens is 1. The molecule has 134 valence electrons. The normalized spacial score (nSPS) is 13.0. The van der Waals surface area contributed by atoms with Crippen molar-refractivity contribution in [3.05, 3.63) is 50.4 Å². The molecule has 2 heterocycles. The summed E-state index contributed by atoms with van der Waals surface area (Å²) in [5.74, 6) is -0.228. The molecular weight excluding hydrogens is 356 g/mol. The van der Waals surface area contributed by atoms with Gasteiger partial charge >= 0.3 is 5.97 Å². The molecule has 0 bridgehead atoms. The molecule has 7 nitrogen and oxygen atoms in total. The van der Waals surface area contributed by atoms with E-state index in [1.54, 1.807) is 0 Å². The SMILES string of the molecule is COc1ccc(O)c(C(=O)OCc2nc3sc4c(c3c(=O)[nH]2)CCC4)c1. The van der Waals surface area contributed by atoms with Crippen LogP contribution in [0.3, 0.4) is 0 Å². The van der Waals surface area contributed by atoms with Crippen molar-refractivity contribution < 1.29 is 19.4 Å². The highest BCUT2D eigenvalue weighted by Gasteiger charge is 2.21. The Labute approximate surface area is 152 Å². The average molecular weight is 372 g/mol. The molecule has 8 heteroatoms. The van der Waals surface area contributed by atoms with Gasteiger partial charge in [0.15, 0.2) is 0 Å². The van der Waals surface area contributed by atoms with E-state index in [-0.39, 0.29) is 29.3 Å². The number of hydrogen-bond donors (Lipinski definition) is 2. The maximum Gasteiger partial charge on any atom is 0.342 e. The molecular formula is C18H16N2O5S. The summed E-state index contributed by atoms with van der Waals surface area (Å²) in [7, 11) is 1.46. The van der Waals surface area contributed by atoms with Gasteiger partial charge in [-0.1, -0.05) is 0 Å². The maximum atomic E-state index is 12.4. The number of aryl methyl sites for hydroxylation is 2. The third-order valence-electron chi connectivity index (χ3n) is 4.39. The molecule has 0 fully saturated rings. The van der Waals surface area contributed by atoms with Gasteiger partial charge in [0.1, 0.15) is 34.3 Å². The van der Waals surface area contributed by atoms with Gasteiger partial charge in [0.2, 0.25) is 0 Å². The second-order valence-corrected chi connectivity index (χ2v) is 7.09. The van der Waals surface area contributed by atoms with Crippen LogP contribution in [0.4, 0.5) is 0 Å². The zero-order chi connectivity index (χ0) is 18.3. The second kappa shape index (κ2) is 6.45. The van der Waals surface area contributed by atoms with Crippen molar-refractivity contribution in [2.45, 2.75) is 25.9 Å². The van der Waals surface area contributed by atoms with Crippen LogP contribution >= 0.6 is 11.3 Å². The van der Waals surface area contributed by atoms with Crippen LogP contribution in [0.2, 0.25) is 0 Å². The first-order valence-corrected chi connectivity index (χ1v) is 8.96. The Morgan fingerprint density at radius 2 is 2.23 bits per heavy atom. The molecule has 3 aromatic rings. The molecule has 0 amide bonds. The summed E-state index contributed by atoms with van der Waals surface area (Å²) in [5.41, 5.74) is 0.885. The third kappa shape index (κ3) is 2.82. The van der Waals surface area contributed by atoms with Crippen molar-refractivity contribution in [2.24, 2.45) is 0 Å². The quantitative estimate of drug-likeness (QED) is 0.683. The van der Waals surface area contributed by atoms with Crippen molar-refractivity contribution >= 4 is 27.5 Å². The molecule has 26 heavy (non-hydrogen) atoms. The number of nitrogens with one attached hydrogen (secondary N) is 1. The van der Waals surface area contributed by atoms with Crippen LogP contribution in [-0.2, 0) is 24.2 Å². The lowest BCUT2D eigenvalue weighted by molar-refractivity contribution is 0.0458. The molecule has 0 spiro atoms. The zero-order valence-electron chi connectivity index (χ0n) is 14.0. The number of fused-ring (bicyclic) bond motifs is 3. The molecule has 0 saturated carbocycles. The molecule has 0 aliphatic heterocycles. The number of ether oxygens (including phenoxy) is 2. The van der Waals surface area contributed by atoms with E-state index in [1.165, 1.54) is 41.5 Å². The lowest BCUT2D eigenvalue weighted by atomic mass is 10.2. The highest BCUT2D eigenvalue weighted by molar-refractivity contribution is 7.18. The lowest BCUT2D eigenvalue weighted by Crippen LogP contribution is -2.14. The maximum absolute atomic E-state index is 12.4. The number of nitrogens with zero attached hydrogens (tertiary/aromatic N) is 1. The van der Waals surface area contributed by atoms with Crippen LogP contribution < -0.4 is 10.3 Å². The fourth-order valence-electron chi connectivity index (χ4n) is 3.13. The number of phenols is 1. The van der Waals surface area contributed by atoms with Gasteiger partial charge in [0.25, 0.3) is 5.56 Å². The topological polar surface area (TPSA) is 102 Å². The van der Waals surface area contributed by atoms with Crippen LogP contribution in [0.1, 0.15) is 33.0 Å². The third-order valence-corrected chi connectivity index (χ3v) is 5.57. The first-order chi connectivity index (χ1) is 12.6. The van der Waals surface area contributed by atoms with Crippen LogP contribution in [0.5, 0.6) is 11.5 Å². The van der Waals surface area contributed by atoms with E-state index in [2.05, 4.69) is 9.97 Å². The summed E-state index contributed by atoms with van der Waals surface area (Å²) in [6, 6.07) is 4.28. The fraction of sp³-hybridized carbons (Fsp3) is 0.278. The molecule has 4 rings (SSSR count). The summed E-state index contributed by atoms with van der Waals surface area (Å²) >= 11 is 1.52. The Balaban J connectivity index is 1.57. The Bertz CT molecular complexity index is 1070. The van der Waals surface area contributed by atoms with E-state index in [0.717, 1.165) is 24.8 Å². The Morgan fingerprint density at radius 3 is 3.04 bits per heavy atom. The molecule has 0 radical (unpaired) electrons. The minimum Gasteiger partial charge on any atom is -0.507 e. The average Bonchev–Trinajstić information content (AvgIpc) is 3.20. The van der Waals surface area contributed by atoms with Crippen molar-refractivity contribution in [2.75, 3.05) is 7.11 Å². The van der Waals surface area contributed by atoms with Gasteiger partial charge in [-0.15, -0.1) is 11.3 Å². The molecule has 0 unspecified atom stereocenters. The minimum absolute atomic E-state index is 0.0112. The second-order valence-electron chi connectivity index (χ2n) is 6.01. The molecule has 1 aliphatic carbocycles. The van der Waals surface area contributed by atoms with Gasteiger partial charge in [-0.25, -0.2) is 9.78 Å². The van der Waals surface area contributed by atoms with E-state index < -0.39 is 5.97 Å². The number of aromatic hydroxyl groups is 1. The monoisotopic (exact) mass is 372 g/mol. The summed E-state index contributed by atoms with van der Waals surface area (Å²) in [5, 5.41) is 10.5. The van der Waals surface area contributed by atoms with Crippen molar-refractivity contribution in [1.29, 1.82) is 0 Å².